The summed E-state index contributed by atoms with van der Waals surface area (Å²) in [4.78, 5) is 0. The molecular formula is C5H11N3. The number of hydrogen-bond acceptors (Lipinski definition) is 3. The first-order valence-electron chi connectivity index (χ1n) is 2.39. The van der Waals surface area contributed by atoms with Crippen molar-refractivity contribution in [2.45, 2.75) is 13.8 Å². The summed E-state index contributed by atoms with van der Waals surface area (Å²) in [6, 6.07) is 0. The zero-order valence-corrected chi connectivity index (χ0v) is 5.55. The molecule has 0 aromatic heterocycles. The Balaban J connectivity index is 3.68. The first kappa shape index (κ1) is 7.14. The van der Waals surface area contributed by atoms with E-state index in [-0.39, 0.29) is 0 Å². The zero-order chi connectivity index (χ0) is 6.57. The highest BCUT2D eigenvalue weighted by atomic mass is 15.6. The minimum atomic E-state index is 0.972. The first-order chi connectivity index (χ1) is 3.66. The molecule has 0 aromatic rings. The van der Waals surface area contributed by atoms with E-state index in [9.17, 15) is 0 Å². The Morgan fingerprint density at radius 2 is 2.00 bits per heavy atom. The van der Waals surface area contributed by atoms with Crippen LogP contribution in [-0.2, 0) is 0 Å². The highest BCUT2D eigenvalue weighted by Gasteiger charge is 1.80. The van der Waals surface area contributed by atoms with Gasteiger partial charge >= 0.3 is 0 Å². The van der Waals surface area contributed by atoms with Crippen molar-refractivity contribution in [1.82, 2.24) is 5.12 Å². The van der Waals surface area contributed by atoms with Gasteiger partial charge in [0.05, 0.1) is 0 Å². The van der Waals surface area contributed by atoms with E-state index in [4.69, 9.17) is 0 Å². The Bertz CT molecular complexity index is 102. The summed E-state index contributed by atoms with van der Waals surface area (Å²) >= 11 is 0. The van der Waals surface area contributed by atoms with Crippen LogP contribution in [0, 0.1) is 0 Å². The topological polar surface area (TPSA) is 28.0 Å². The van der Waals surface area contributed by atoms with Crippen LogP contribution in [0.5, 0.6) is 0 Å². The molecule has 0 fully saturated rings. The standard InChI is InChI=1S/C5H11N3/c1-5(2)7-8(4)6-3/h3H2,1-2,4H3. The molecule has 0 aliphatic heterocycles. The number of hydrogen-bond donors (Lipinski definition) is 0. The molecule has 0 unspecified atom stereocenters. The fourth-order valence-corrected chi connectivity index (χ4v) is 0.321. The Morgan fingerprint density at radius 1 is 1.50 bits per heavy atom. The molecule has 3 nitrogen and oxygen atoms in total. The molecule has 0 bridgehead atoms. The summed E-state index contributed by atoms with van der Waals surface area (Å²) in [6.45, 7) is 7.09. The van der Waals surface area contributed by atoms with Crippen molar-refractivity contribution in [3.63, 3.8) is 0 Å². The third kappa shape index (κ3) is 3.33. The summed E-state index contributed by atoms with van der Waals surface area (Å²) in [7, 11) is 1.74. The van der Waals surface area contributed by atoms with Crippen LogP contribution in [0.3, 0.4) is 0 Å². The minimum Gasteiger partial charge on any atom is -0.189 e. The second-order valence-corrected chi connectivity index (χ2v) is 1.68. The van der Waals surface area contributed by atoms with Gasteiger partial charge in [-0.2, -0.15) is 15.3 Å². The third-order valence-electron chi connectivity index (χ3n) is 0.549. The van der Waals surface area contributed by atoms with Crippen molar-refractivity contribution >= 4 is 12.4 Å². The van der Waals surface area contributed by atoms with Gasteiger partial charge in [0.15, 0.2) is 0 Å². The lowest BCUT2D eigenvalue weighted by Gasteiger charge is -2.02. The molecule has 0 aliphatic rings. The zero-order valence-electron chi connectivity index (χ0n) is 5.55. The molecular weight excluding hydrogens is 102 g/mol. The van der Waals surface area contributed by atoms with Crippen LogP contribution in [0.2, 0.25) is 0 Å². The van der Waals surface area contributed by atoms with Crippen LogP contribution >= 0.6 is 0 Å². The molecule has 0 atom stereocenters. The summed E-state index contributed by atoms with van der Waals surface area (Å²) in [5.41, 5.74) is 0.972. The molecule has 8 heavy (non-hydrogen) atoms. The Labute approximate surface area is 49.7 Å². The van der Waals surface area contributed by atoms with E-state index in [0.717, 1.165) is 5.71 Å². The minimum absolute atomic E-state index is 0.972. The average Bonchev–Trinajstić information content (AvgIpc) is 1.65. The van der Waals surface area contributed by atoms with E-state index >= 15 is 0 Å². The maximum atomic E-state index is 3.92. The molecule has 0 spiro atoms. The molecule has 0 radical (unpaired) electrons. The van der Waals surface area contributed by atoms with Crippen molar-refractivity contribution in [3.05, 3.63) is 0 Å². The third-order valence-corrected chi connectivity index (χ3v) is 0.549. The smallest absolute Gasteiger partial charge is 0.0495 e. The highest BCUT2D eigenvalue weighted by molar-refractivity contribution is 5.78. The maximum absolute atomic E-state index is 3.92. The molecule has 0 aliphatic carbocycles. The SMILES string of the molecule is C=NN(C)N=C(C)C. The number of nitrogens with zero attached hydrogens (tertiary/aromatic N) is 3. The van der Waals surface area contributed by atoms with E-state index in [0.29, 0.717) is 0 Å². The Kier molecular flexibility index (Phi) is 2.84. The van der Waals surface area contributed by atoms with Crippen LogP contribution < -0.4 is 0 Å². The lowest BCUT2D eigenvalue weighted by molar-refractivity contribution is 0.380. The molecule has 3 heteroatoms. The van der Waals surface area contributed by atoms with Crippen molar-refractivity contribution in [3.8, 4) is 0 Å². The van der Waals surface area contributed by atoms with Crippen molar-refractivity contribution in [2.24, 2.45) is 10.2 Å². The predicted octanol–water partition coefficient (Wildman–Crippen LogP) is 0.930. The van der Waals surface area contributed by atoms with E-state index < -0.39 is 0 Å². The van der Waals surface area contributed by atoms with Gasteiger partial charge in [0.2, 0.25) is 0 Å². The summed E-state index contributed by atoms with van der Waals surface area (Å²) in [5, 5.41) is 8.87. The molecule has 0 N–H and O–H groups in total. The maximum Gasteiger partial charge on any atom is 0.0495 e. The van der Waals surface area contributed by atoms with Gasteiger partial charge in [0, 0.05) is 19.5 Å². The van der Waals surface area contributed by atoms with Gasteiger partial charge in [-0.15, -0.1) is 0 Å². The summed E-state index contributed by atoms with van der Waals surface area (Å²) in [6.07, 6.45) is 0. The monoisotopic (exact) mass is 113 g/mol. The average molecular weight is 113 g/mol. The second-order valence-electron chi connectivity index (χ2n) is 1.68. The quantitative estimate of drug-likeness (QED) is 0.386. The summed E-state index contributed by atoms with van der Waals surface area (Å²) < 4.78 is 0. The van der Waals surface area contributed by atoms with Gasteiger partial charge in [0.25, 0.3) is 0 Å². The van der Waals surface area contributed by atoms with Crippen LogP contribution in [0.25, 0.3) is 0 Å². The fourth-order valence-electron chi connectivity index (χ4n) is 0.321. The van der Waals surface area contributed by atoms with E-state index in [2.05, 4.69) is 16.9 Å². The predicted molar refractivity (Wildman–Crippen MR) is 36.1 cm³/mol. The molecule has 0 amide bonds. The fraction of sp³-hybridized carbons (Fsp3) is 0.600. The lowest BCUT2D eigenvalue weighted by atomic mass is 10.5. The molecule has 0 aromatic carbocycles. The number of hydrazone groups is 2. The Morgan fingerprint density at radius 3 is 2.12 bits per heavy atom. The molecule has 46 valence electrons. The van der Waals surface area contributed by atoms with Crippen LogP contribution in [0.15, 0.2) is 10.2 Å². The van der Waals surface area contributed by atoms with Gasteiger partial charge in [-0.3, -0.25) is 0 Å². The highest BCUT2D eigenvalue weighted by Crippen LogP contribution is 1.82. The van der Waals surface area contributed by atoms with Gasteiger partial charge in [-0.25, -0.2) is 0 Å². The Hall–Kier alpha value is -0.860. The van der Waals surface area contributed by atoms with Crippen LogP contribution in [-0.4, -0.2) is 24.6 Å². The summed E-state index contributed by atoms with van der Waals surface area (Å²) in [5.74, 6) is 0. The molecule has 0 heterocycles. The molecule has 0 rings (SSSR count). The van der Waals surface area contributed by atoms with Crippen LogP contribution in [0.4, 0.5) is 0 Å². The first-order valence-corrected chi connectivity index (χ1v) is 2.39. The van der Waals surface area contributed by atoms with Gasteiger partial charge in [0.1, 0.15) is 0 Å². The van der Waals surface area contributed by atoms with E-state index in [1.165, 1.54) is 5.12 Å². The normalized spacial score (nSPS) is 7.88. The van der Waals surface area contributed by atoms with E-state index in [1.54, 1.807) is 7.05 Å². The largest absolute Gasteiger partial charge is 0.189 e. The number of rotatable bonds is 2. The van der Waals surface area contributed by atoms with E-state index in [1.807, 2.05) is 13.8 Å². The second kappa shape index (κ2) is 3.18. The van der Waals surface area contributed by atoms with Crippen LogP contribution in [0.1, 0.15) is 13.8 Å². The lowest BCUT2D eigenvalue weighted by Crippen LogP contribution is -2.02. The van der Waals surface area contributed by atoms with Gasteiger partial charge < -0.3 is 0 Å². The van der Waals surface area contributed by atoms with Crippen molar-refractivity contribution in [2.75, 3.05) is 7.05 Å². The van der Waals surface area contributed by atoms with Gasteiger partial charge in [-0.05, 0) is 13.8 Å². The molecule has 0 saturated carbocycles. The van der Waals surface area contributed by atoms with Crippen molar-refractivity contribution < 1.29 is 0 Å². The molecule has 0 saturated heterocycles. The van der Waals surface area contributed by atoms with Crippen molar-refractivity contribution in [1.29, 1.82) is 0 Å². The van der Waals surface area contributed by atoms with Gasteiger partial charge in [-0.1, -0.05) is 0 Å².